The summed E-state index contributed by atoms with van der Waals surface area (Å²) in [5, 5.41) is 3.75. The fraction of sp³-hybridized carbons (Fsp3) is 0.375. The molecule has 8 nitrogen and oxygen atoms in total. The van der Waals surface area contributed by atoms with Gasteiger partial charge in [0.05, 0.1) is 19.1 Å². The highest BCUT2D eigenvalue weighted by Gasteiger charge is 2.34. The van der Waals surface area contributed by atoms with E-state index in [-0.39, 0.29) is 24.9 Å². The summed E-state index contributed by atoms with van der Waals surface area (Å²) in [6, 6.07) is 22.3. The van der Waals surface area contributed by atoms with Crippen molar-refractivity contribution >= 4 is 39.1 Å². The molecule has 4 rings (SSSR count). The molecule has 3 aromatic carbocycles. The molecule has 0 aliphatic heterocycles. The molecule has 1 saturated carbocycles. The maximum atomic E-state index is 14.2. The van der Waals surface area contributed by atoms with Gasteiger partial charge in [-0.25, -0.2) is 8.42 Å². The van der Waals surface area contributed by atoms with Crippen LogP contribution in [0.25, 0.3) is 0 Å². The summed E-state index contributed by atoms with van der Waals surface area (Å²) in [5.74, 6) is -0.293. The van der Waals surface area contributed by atoms with E-state index in [0.717, 1.165) is 53.8 Å². The van der Waals surface area contributed by atoms with Crippen LogP contribution >= 0.6 is 11.6 Å². The zero-order valence-electron chi connectivity index (χ0n) is 24.0. The van der Waals surface area contributed by atoms with Crippen LogP contribution in [0.2, 0.25) is 5.02 Å². The lowest BCUT2D eigenvalue weighted by Gasteiger charge is -2.35. The normalized spacial score (nSPS) is 14.5. The SMILES string of the molecule is COc1cccc(N(CC(=O)N(Cc2ccc(Cl)cc2)[C@@H](Cc2ccccc2)C(=O)NC2CCCCC2)S(C)(=O)=O)c1. The number of nitrogens with one attached hydrogen (secondary N) is 1. The van der Waals surface area contributed by atoms with Gasteiger partial charge in [0.1, 0.15) is 18.3 Å². The first kappa shape index (κ1) is 31.4. The van der Waals surface area contributed by atoms with E-state index in [0.29, 0.717) is 16.5 Å². The molecule has 0 unspecified atom stereocenters. The van der Waals surface area contributed by atoms with Gasteiger partial charge >= 0.3 is 0 Å². The van der Waals surface area contributed by atoms with Gasteiger partial charge in [-0.2, -0.15) is 0 Å². The number of ether oxygens (including phenoxy) is 1. The third-order valence-corrected chi connectivity index (χ3v) is 8.90. The van der Waals surface area contributed by atoms with Gasteiger partial charge in [0.2, 0.25) is 21.8 Å². The van der Waals surface area contributed by atoms with Crippen molar-refractivity contribution in [3.05, 3.63) is 95.0 Å². The van der Waals surface area contributed by atoms with Gasteiger partial charge in [-0.1, -0.05) is 79.4 Å². The van der Waals surface area contributed by atoms with Crippen molar-refractivity contribution in [2.24, 2.45) is 0 Å². The number of methoxy groups -OCH3 is 1. The van der Waals surface area contributed by atoms with Gasteiger partial charge in [0.25, 0.3) is 0 Å². The summed E-state index contributed by atoms with van der Waals surface area (Å²) in [7, 11) is -2.38. The quantitative estimate of drug-likeness (QED) is 0.304. The van der Waals surface area contributed by atoms with Gasteiger partial charge < -0.3 is 15.0 Å². The van der Waals surface area contributed by atoms with Crippen molar-refractivity contribution in [2.45, 2.75) is 57.2 Å². The minimum atomic E-state index is -3.87. The molecule has 1 aliphatic rings. The molecule has 42 heavy (non-hydrogen) atoms. The topological polar surface area (TPSA) is 96.0 Å². The maximum absolute atomic E-state index is 14.2. The standard InChI is InChI=1S/C32H38ClN3O5S/c1-41-29-15-9-14-28(21-29)36(42(2,39)40)23-31(37)35(22-25-16-18-26(33)19-17-25)30(20-24-10-5-3-6-11-24)32(38)34-27-12-7-4-8-13-27/h3,5-6,9-11,14-19,21,27,30H,4,7-8,12-13,20,22-23H2,1-2H3,(H,34,38)/t30-/m0/s1. The van der Waals surface area contributed by atoms with Crippen LogP contribution < -0.4 is 14.4 Å². The molecule has 0 heterocycles. The molecule has 1 N–H and O–H groups in total. The molecule has 0 bridgehead atoms. The number of halogens is 1. The Morgan fingerprint density at radius 1 is 0.952 bits per heavy atom. The molecule has 0 saturated heterocycles. The Bertz CT molecular complexity index is 1440. The third-order valence-electron chi connectivity index (χ3n) is 7.51. The summed E-state index contributed by atoms with van der Waals surface area (Å²) < 4.78 is 32.3. The number of carbonyl (C=O) groups is 2. The summed E-state index contributed by atoms with van der Waals surface area (Å²) in [6.45, 7) is -0.386. The molecular formula is C32H38ClN3O5S. The van der Waals surface area contributed by atoms with Crippen LogP contribution in [0, 0.1) is 0 Å². The molecule has 3 aromatic rings. The zero-order valence-corrected chi connectivity index (χ0v) is 25.6. The minimum Gasteiger partial charge on any atom is -0.497 e. The molecule has 0 radical (unpaired) electrons. The van der Waals surface area contributed by atoms with Crippen LogP contribution in [-0.4, -0.2) is 57.1 Å². The van der Waals surface area contributed by atoms with E-state index in [1.54, 1.807) is 48.5 Å². The van der Waals surface area contributed by atoms with Crippen LogP contribution in [0.4, 0.5) is 5.69 Å². The number of amides is 2. The number of hydrogen-bond acceptors (Lipinski definition) is 5. The Kier molecular flexibility index (Phi) is 10.9. The van der Waals surface area contributed by atoms with Crippen molar-refractivity contribution in [3.8, 4) is 5.75 Å². The number of rotatable bonds is 12. The van der Waals surface area contributed by atoms with Crippen LogP contribution in [-0.2, 0) is 32.6 Å². The maximum Gasteiger partial charge on any atom is 0.244 e. The van der Waals surface area contributed by atoms with Gasteiger partial charge in [-0.05, 0) is 48.2 Å². The monoisotopic (exact) mass is 611 g/mol. The van der Waals surface area contributed by atoms with Crippen molar-refractivity contribution in [3.63, 3.8) is 0 Å². The number of hydrogen-bond donors (Lipinski definition) is 1. The first-order valence-electron chi connectivity index (χ1n) is 14.1. The smallest absolute Gasteiger partial charge is 0.244 e. The molecule has 0 spiro atoms. The Balaban J connectivity index is 1.72. The Labute approximate surface area is 253 Å². The van der Waals surface area contributed by atoms with Crippen LogP contribution in [0.5, 0.6) is 5.75 Å². The largest absolute Gasteiger partial charge is 0.497 e. The molecule has 0 aromatic heterocycles. The fourth-order valence-corrected chi connectivity index (χ4v) is 6.23. The first-order chi connectivity index (χ1) is 20.1. The second-order valence-corrected chi connectivity index (χ2v) is 13.0. The summed E-state index contributed by atoms with van der Waals surface area (Å²) in [4.78, 5) is 29.7. The van der Waals surface area contributed by atoms with E-state index in [1.807, 2.05) is 30.3 Å². The molecule has 224 valence electrons. The Morgan fingerprint density at radius 3 is 2.29 bits per heavy atom. The molecule has 10 heteroatoms. The van der Waals surface area contributed by atoms with Crippen molar-refractivity contribution < 1.29 is 22.7 Å². The van der Waals surface area contributed by atoms with E-state index >= 15 is 0 Å². The molecule has 1 atom stereocenters. The number of benzene rings is 3. The summed E-state index contributed by atoms with van der Waals surface area (Å²) in [6.07, 6.45) is 6.36. The molecule has 2 amide bonds. The second kappa shape index (κ2) is 14.6. The van der Waals surface area contributed by atoms with E-state index in [1.165, 1.54) is 12.0 Å². The van der Waals surface area contributed by atoms with Crippen LogP contribution in [0.3, 0.4) is 0 Å². The summed E-state index contributed by atoms with van der Waals surface area (Å²) >= 11 is 6.12. The summed E-state index contributed by atoms with van der Waals surface area (Å²) in [5.41, 5.74) is 1.95. The average molecular weight is 612 g/mol. The molecular weight excluding hydrogens is 574 g/mol. The van der Waals surface area contributed by atoms with E-state index in [4.69, 9.17) is 16.3 Å². The fourth-order valence-electron chi connectivity index (χ4n) is 5.26. The lowest BCUT2D eigenvalue weighted by molar-refractivity contribution is -0.140. The van der Waals surface area contributed by atoms with Gasteiger partial charge in [-0.3, -0.25) is 13.9 Å². The molecule has 1 aliphatic carbocycles. The predicted octanol–water partition coefficient (Wildman–Crippen LogP) is 5.20. The van der Waals surface area contributed by atoms with Crippen molar-refractivity contribution in [1.29, 1.82) is 0 Å². The zero-order chi connectivity index (χ0) is 30.1. The first-order valence-corrected chi connectivity index (χ1v) is 16.4. The number of anilines is 1. The Hall–Kier alpha value is -3.56. The highest BCUT2D eigenvalue weighted by molar-refractivity contribution is 7.92. The van der Waals surface area contributed by atoms with Crippen molar-refractivity contribution in [2.75, 3.05) is 24.2 Å². The van der Waals surface area contributed by atoms with Gasteiger partial charge in [0, 0.05) is 30.1 Å². The third kappa shape index (κ3) is 8.72. The van der Waals surface area contributed by atoms with Gasteiger partial charge in [-0.15, -0.1) is 0 Å². The predicted molar refractivity (Wildman–Crippen MR) is 166 cm³/mol. The number of carbonyl (C=O) groups excluding carboxylic acids is 2. The highest BCUT2D eigenvalue weighted by Crippen LogP contribution is 2.25. The van der Waals surface area contributed by atoms with Gasteiger partial charge in [0.15, 0.2) is 0 Å². The lowest BCUT2D eigenvalue weighted by Crippen LogP contribution is -2.55. The van der Waals surface area contributed by atoms with E-state index in [9.17, 15) is 18.0 Å². The van der Waals surface area contributed by atoms with E-state index < -0.39 is 28.5 Å². The van der Waals surface area contributed by atoms with Crippen LogP contribution in [0.1, 0.15) is 43.2 Å². The lowest BCUT2D eigenvalue weighted by atomic mass is 9.94. The average Bonchev–Trinajstić information content (AvgIpc) is 2.99. The number of sulfonamides is 1. The molecule has 1 fully saturated rings. The minimum absolute atomic E-state index is 0.0429. The number of nitrogens with zero attached hydrogens (tertiary/aromatic N) is 2. The van der Waals surface area contributed by atoms with Crippen molar-refractivity contribution in [1.82, 2.24) is 10.2 Å². The highest BCUT2D eigenvalue weighted by atomic mass is 35.5. The van der Waals surface area contributed by atoms with Crippen LogP contribution in [0.15, 0.2) is 78.9 Å². The van der Waals surface area contributed by atoms with E-state index in [2.05, 4.69) is 5.32 Å². The second-order valence-electron chi connectivity index (χ2n) is 10.7. The Morgan fingerprint density at radius 2 is 1.64 bits per heavy atom.